The largest absolute Gasteiger partial charge is 0.864 e. The zero-order valence-corrected chi connectivity index (χ0v) is 41.5. The Balaban J connectivity index is 2.26. The second-order valence-corrected chi connectivity index (χ2v) is 18.8. The van der Waals surface area contributed by atoms with Crippen LogP contribution in [0.2, 0.25) is 0 Å². The molecule has 0 aliphatic heterocycles. The van der Waals surface area contributed by atoms with Gasteiger partial charge in [0.05, 0.1) is 25.2 Å². The van der Waals surface area contributed by atoms with E-state index in [9.17, 15) is 26.3 Å². The van der Waals surface area contributed by atoms with Gasteiger partial charge in [-0.2, -0.15) is 0 Å². The molecule has 0 heterocycles. The average molecular weight is 973 g/mol. The zero-order chi connectivity index (χ0) is 49.7. The zero-order valence-electron chi connectivity index (χ0n) is 41.5. The van der Waals surface area contributed by atoms with Crippen molar-refractivity contribution >= 4 is 7.32 Å². The number of halogens is 9. The van der Waals surface area contributed by atoms with E-state index in [4.69, 9.17) is 14.0 Å². The third-order valence-corrected chi connectivity index (χ3v) is 13.2. The van der Waals surface area contributed by atoms with Gasteiger partial charge in [-0.1, -0.05) is 156 Å². The third-order valence-electron chi connectivity index (χ3n) is 13.2. The molecule has 0 amide bonds. The molecule has 3 aromatic carbocycles. The standard InChI is InChI=1S/C54H80BF9NO3/c1-5-9-13-17-21-22-23-24-28-32-48(65(33-29-25-18-14-10-6-2,34-30-26-19-15-11-7-3)35-31-27-20-16-12-8-4)50-49(40-47(60)53(63)54(50)64)68-55(66-41-36-43(56)51(61)44(57)37-41)67-42-38-45(58)52(62)46(59)39-42/h36-40,48H,5-35H2,1-4H3/q+1. The second-order valence-electron chi connectivity index (χ2n) is 18.8. The summed E-state index contributed by atoms with van der Waals surface area (Å²) in [5, 5.41) is 0. The van der Waals surface area contributed by atoms with E-state index < -0.39 is 83.0 Å². The van der Waals surface area contributed by atoms with E-state index in [1.165, 1.54) is 12.8 Å². The molecule has 3 aromatic rings. The fourth-order valence-corrected chi connectivity index (χ4v) is 9.36. The van der Waals surface area contributed by atoms with Crippen LogP contribution in [0, 0.1) is 52.4 Å². The third kappa shape index (κ3) is 20.1. The smallest absolute Gasteiger partial charge is 0.489 e. The molecule has 3 rings (SSSR count). The Morgan fingerprint density at radius 2 is 0.676 bits per heavy atom. The molecule has 0 spiro atoms. The molecule has 0 N–H and O–H groups in total. The average Bonchev–Trinajstić information content (AvgIpc) is 3.31. The number of nitrogens with zero attached hydrogens (tertiary/aromatic N) is 1. The van der Waals surface area contributed by atoms with Gasteiger partial charge in [0, 0.05) is 36.8 Å². The fraction of sp³-hybridized carbons (Fsp3) is 0.667. The van der Waals surface area contributed by atoms with Gasteiger partial charge in [-0.25, -0.2) is 39.5 Å². The number of hydrogen-bond donors (Lipinski definition) is 0. The van der Waals surface area contributed by atoms with E-state index in [0.717, 1.165) is 154 Å². The number of rotatable bonds is 39. The van der Waals surface area contributed by atoms with Gasteiger partial charge in [0.15, 0.2) is 52.4 Å². The highest BCUT2D eigenvalue weighted by molar-refractivity contribution is 6.39. The van der Waals surface area contributed by atoms with Crippen LogP contribution in [0.5, 0.6) is 17.2 Å². The highest BCUT2D eigenvalue weighted by Crippen LogP contribution is 2.43. The van der Waals surface area contributed by atoms with Crippen LogP contribution < -0.4 is 14.0 Å². The molecule has 0 aliphatic carbocycles. The van der Waals surface area contributed by atoms with Crippen LogP contribution in [0.15, 0.2) is 30.3 Å². The van der Waals surface area contributed by atoms with Crippen LogP contribution >= 0.6 is 0 Å². The van der Waals surface area contributed by atoms with Gasteiger partial charge in [0.1, 0.15) is 23.3 Å². The first kappa shape index (κ1) is 58.8. The Hall–Kier alpha value is -3.55. The van der Waals surface area contributed by atoms with E-state index in [2.05, 4.69) is 27.7 Å². The number of quaternary nitrogens is 1. The van der Waals surface area contributed by atoms with E-state index in [0.29, 0.717) is 67.3 Å². The minimum atomic E-state index is -2.34. The molecule has 1 unspecified atom stereocenters. The van der Waals surface area contributed by atoms with Crippen LogP contribution in [-0.2, 0) is 0 Å². The first-order chi connectivity index (χ1) is 32.8. The lowest BCUT2D eigenvalue weighted by atomic mass is 9.91. The Morgan fingerprint density at radius 1 is 0.368 bits per heavy atom. The Bertz CT molecular complexity index is 1720. The summed E-state index contributed by atoms with van der Waals surface area (Å²) in [5.41, 5.74) is -0.281. The molecule has 0 aromatic heterocycles. The van der Waals surface area contributed by atoms with Gasteiger partial charge in [-0.3, -0.25) is 0 Å². The number of hydrogen-bond acceptors (Lipinski definition) is 3. The summed E-state index contributed by atoms with van der Waals surface area (Å²) >= 11 is 0. The van der Waals surface area contributed by atoms with Gasteiger partial charge in [-0.15, -0.1) is 0 Å². The van der Waals surface area contributed by atoms with Crippen molar-refractivity contribution in [2.75, 3.05) is 19.6 Å². The first-order valence-electron chi connectivity index (χ1n) is 26.1. The summed E-state index contributed by atoms with van der Waals surface area (Å²) in [5.74, 6) is -17.1. The molecule has 0 aliphatic rings. The topological polar surface area (TPSA) is 27.7 Å². The quantitative estimate of drug-likeness (QED) is 0.0187. The molecule has 0 fully saturated rings. The Labute approximate surface area is 402 Å². The lowest BCUT2D eigenvalue weighted by Gasteiger charge is -2.46. The van der Waals surface area contributed by atoms with Crippen molar-refractivity contribution in [3.63, 3.8) is 0 Å². The maximum Gasteiger partial charge on any atom is 0.864 e. The van der Waals surface area contributed by atoms with Crippen molar-refractivity contribution in [1.82, 2.24) is 0 Å². The lowest BCUT2D eigenvalue weighted by Crippen LogP contribution is -2.53. The van der Waals surface area contributed by atoms with Crippen LogP contribution in [0.25, 0.3) is 0 Å². The molecule has 0 radical (unpaired) electrons. The molecule has 14 heteroatoms. The normalized spacial score (nSPS) is 12.2. The molecular formula is C54H80BF9NO3+. The van der Waals surface area contributed by atoms with Crippen LogP contribution in [0.4, 0.5) is 39.5 Å². The van der Waals surface area contributed by atoms with E-state index in [-0.39, 0.29) is 5.56 Å². The van der Waals surface area contributed by atoms with Crippen molar-refractivity contribution in [2.24, 2.45) is 0 Å². The van der Waals surface area contributed by atoms with Crippen molar-refractivity contribution < 1.29 is 58.0 Å². The van der Waals surface area contributed by atoms with Gasteiger partial charge in [0.2, 0.25) is 0 Å². The Morgan fingerprint density at radius 3 is 1.03 bits per heavy atom. The number of benzene rings is 3. The Kier molecular flexibility index (Phi) is 28.6. The van der Waals surface area contributed by atoms with E-state index >= 15 is 13.2 Å². The molecular weight excluding hydrogens is 892 g/mol. The minimum absolute atomic E-state index is 0.281. The summed E-state index contributed by atoms with van der Waals surface area (Å²) in [6, 6.07) is 1.68. The SMILES string of the molecule is CCCCCCCCCCCC(c1c(OB(Oc2cc(F)c(F)c(F)c2)Oc2cc(F)c(F)c(F)c2)cc(F)c(F)c1F)[N+](CCCCCCCC)(CCCCCCCC)CCCCCCCC. The second kappa shape index (κ2) is 33.1. The van der Waals surface area contributed by atoms with Gasteiger partial charge in [0.25, 0.3) is 0 Å². The molecule has 384 valence electrons. The summed E-state index contributed by atoms with van der Waals surface area (Å²) in [7, 11) is -2.34. The summed E-state index contributed by atoms with van der Waals surface area (Å²) < 4.78 is 153. The molecule has 0 bridgehead atoms. The van der Waals surface area contributed by atoms with Gasteiger partial charge < -0.3 is 18.4 Å². The first-order valence-corrected chi connectivity index (χ1v) is 26.1. The molecule has 0 saturated heterocycles. The van der Waals surface area contributed by atoms with Crippen LogP contribution in [0.1, 0.15) is 219 Å². The van der Waals surface area contributed by atoms with Crippen molar-refractivity contribution in [1.29, 1.82) is 0 Å². The monoisotopic (exact) mass is 973 g/mol. The minimum Gasteiger partial charge on any atom is -0.489 e. The summed E-state index contributed by atoms with van der Waals surface area (Å²) in [4.78, 5) is 0. The maximum atomic E-state index is 17.2. The number of unbranched alkanes of at least 4 members (excludes halogenated alkanes) is 23. The lowest BCUT2D eigenvalue weighted by molar-refractivity contribution is -0.958. The summed E-state index contributed by atoms with van der Waals surface area (Å²) in [6.45, 7) is 10.5. The van der Waals surface area contributed by atoms with Crippen molar-refractivity contribution in [3.8, 4) is 17.2 Å². The predicted molar refractivity (Wildman–Crippen MR) is 256 cm³/mol. The molecule has 68 heavy (non-hydrogen) atoms. The molecule has 1 atom stereocenters. The maximum absolute atomic E-state index is 17.2. The highest BCUT2D eigenvalue weighted by Gasteiger charge is 2.43. The van der Waals surface area contributed by atoms with Gasteiger partial charge >= 0.3 is 7.32 Å². The van der Waals surface area contributed by atoms with Crippen molar-refractivity contribution in [3.05, 3.63) is 88.3 Å². The van der Waals surface area contributed by atoms with Crippen molar-refractivity contribution in [2.45, 2.75) is 214 Å². The van der Waals surface area contributed by atoms with Crippen LogP contribution in [0.3, 0.4) is 0 Å². The molecule has 0 saturated carbocycles. The molecule has 4 nitrogen and oxygen atoms in total. The van der Waals surface area contributed by atoms with E-state index in [1.54, 1.807) is 0 Å². The summed E-state index contributed by atoms with van der Waals surface area (Å²) in [6.07, 6.45) is 27.6. The van der Waals surface area contributed by atoms with Gasteiger partial charge in [-0.05, 0) is 44.9 Å². The fourth-order valence-electron chi connectivity index (χ4n) is 9.36. The van der Waals surface area contributed by atoms with E-state index in [1.807, 2.05) is 0 Å². The van der Waals surface area contributed by atoms with Crippen LogP contribution in [-0.4, -0.2) is 31.4 Å². The highest BCUT2D eigenvalue weighted by atomic mass is 19.2. The predicted octanol–water partition coefficient (Wildman–Crippen LogP) is 18.3.